The van der Waals surface area contributed by atoms with Crippen molar-refractivity contribution < 1.29 is 9.90 Å². The van der Waals surface area contributed by atoms with Gasteiger partial charge in [0, 0.05) is 0 Å². The summed E-state index contributed by atoms with van der Waals surface area (Å²) in [5.74, 6) is 0.209. The molecule has 1 saturated carbocycles. The van der Waals surface area contributed by atoms with Crippen LogP contribution in [0.1, 0.15) is 71.1 Å². The molecule has 0 aliphatic heterocycles. The van der Waals surface area contributed by atoms with Gasteiger partial charge in [0.2, 0.25) is 0 Å². The minimum atomic E-state index is -0.693. The number of nitrogens with one attached hydrogen (secondary N) is 1. The molecule has 0 aromatic rings. The van der Waals surface area contributed by atoms with Crippen LogP contribution >= 0.6 is 0 Å². The highest BCUT2D eigenvalue weighted by atomic mass is 16.4. The van der Waals surface area contributed by atoms with E-state index >= 15 is 0 Å². The molecule has 0 heterocycles. The first-order valence-electron chi connectivity index (χ1n) is 7.70. The van der Waals surface area contributed by atoms with Crippen LogP contribution in [0.15, 0.2) is 0 Å². The molecule has 1 unspecified atom stereocenters. The zero-order valence-corrected chi connectivity index (χ0v) is 11.8. The lowest BCUT2D eigenvalue weighted by molar-refractivity contribution is -0.139. The second-order valence-electron chi connectivity index (χ2n) is 5.63. The lowest BCUT2D eigenvalue weighted by Gasteiger charge is -2.21. The van der Waals surface area contributed by atoms with E-state index in [0.29, 0.717) is 0 Å². The molecule has 0 radical (unpaired) electrons. The fraction of sp³-hybridized carbons (Fsp3) is 0.933. The number of hydrogen-bond acceptors (Lipinski definition) is 2. The van der Waals surface area contributed by atoms with E-state index in [0.717, 1.165) is 38.1 Å². The van der Waals surface area contributed by atoms with E-state index in [4.69, 9.17) is 5.11 Å². The normalized spacial score (nSPS) is 18.7. The van der Waals surface area contributed by atoms with E-state index < -0.39 is 5.97 Å². The Labute approximate surface area is 111 Å². The number of aliphatic carboxylic acids is 1. The van der Waals surface area contributed by atoms with Crippen molar-refractivity contribution in [1.82, 2.24) is 5.32 Å². The topological polar surface area (TPSA) is 49.3 Å². The maximum Gasteiger partial charge on any atom is 0.320 e. The number of carbonyl (C=O) groups is 1. The molecule has 0 amide bonds. The van der Waals surface area contributed by atoms with Gasteiger partial charge in [-0.05, 0) is 31.7 Å². The molecule has 0 aromatic heterocycles. The van der Waals surface area contributed by atoms with Gasteiger partial charge in [-0.2, -0.15) is 0 Å². The first-order valence-corrected chi connectivity index (χ1v) is 7.70. The van der Waals surface area contributed by atoms with E-state index in [2.05, 4.69) is 12.2 Å². The Kier molecular flexibility index (Phi) is 8.06. The van der Waals surface area contributed by atoms with Gasteiger partial charge in [0.15, 0.2) is 0 Å². The van der Waals surface area contributed by atoms with Crippen LogP contribution in [0.4, 0.5) is 0 Å². The monoisotopic (exact) mass is 255 g/mol. The Bertz CT molecular complexity index is 225. The summed E-state index contributed by atoms with van der Waals surface area (Å²) in [5.41, 5.74) is 0. The zero-order chi connectivity index (χ0) is 13.2. The lowest BCUT2D eigenvalue weighted by Crippen LogP contribution is -2.37. The summed E-state index contributed by atoms with van der Waals surface area (Å²) in [6.45, 7) is 2.96. The van der Waals surface area contributed by atoms with E-state index in [1.807, 2.05) is 0 Å². The summed E-state index contributed by atoms with van der Waals surface area (Å²) >= 11 is 0. The third kappa shape index (κ3) is 6.39. The van der Waals surface area contributed by atoms with Gasteiger partial charge >= 0.3 is 5.97 Å². The first kappa shape index (κ1) is 15.5. The van der Waals surface area contributed by atoms with Gasteiger partial charge in [-0.25, -0.2) is 0 Å². The van der Waals surface area contributed by atoms with E-state index in [9.17, 15) is 4.79 Å². The van der Waals surface area contributed by atoms with Crippen molar-refractivity contribution in [3.63, 3.8) is 0 Å². The number of rotatable bonds is 9. The molecule has 3 nitrogen and oxygen atoms in total. The minimum Gasteiger partial charge on any atom is -0.480 e. The van der Waals surface area contributed by atoms with E-state index in [1.54, 1.807) is 0 Å². The Morgan fingerprint density at radius 2 is 2.00 bits per heavy atom. The number of carboxylic acids is 1. The minimum absolute atomic E-state index is 0.337. The number of carboxylic acid groups (broad SMARTS) is 1. The van der Waals surface area contributed by atoms with Crippen molar-refractivity contribution in [3.8, 4) is 0 Å². The van der Waals surface area contributed by atoms with Gasteiger partial charge in [0.1, 0.15) is 6.04 Å². The standard InChI is InChI=1S/C15H29NO2/c1-2-3-11-14(15(17)18)16-12-7-10-13-8-5-4-6-9-13/h13-14,16H,2-12H2,1H3,(H,17,18). The SMILES string of the molecule is CCCCC(NCCCC1CCCCC1)C(=O)O. The molecule has 1 fully saturated rings. The van der Waals surface area contributed by atoms with Crippen LogP contribution in [-0.2, 0) is 4.79 Å². The third-order valence-corrected chi connectivity index (χ3v) is 4.05. The Morgan fingerprint density at radius 3 is 2.61 bits per heavy atom. The molecule has 1 aliphatic rings. The maximum atomic E-state index is 11.0. The average Bonchev–Trinajstić information content (AvgIpc) is 2.38. The number of unbranched alkanes of at least 4 members (excludes halogenated alkanes) is 1. The Morgan fingerprint density at radius 1 is 1.28 bits per heavy atom. The van der Waals surface area contributed by atoms with E-state index in [1.165, 1.54) is 38.5 Å². The predicted molar refractivity (Wildman–Crippen MR) is 74.8 cm³/mol. The summed E-state index contributed by atoms with van der Waals surface area (Å²) in [6.07, 6.45) is 12.2. The fourth-order valence-corrected chi connectivity index (χ4v) is 2.86. The van der Waals surface area contributed by atoms with Gasteiger partial charge in [0.05, 0.1) is 0 Å². The van der Waals surface area contributed by atoms with Crippen LogP contribution in [-0.4, -0.2) is 23.7 Å². The summed E-state index contributed by atoms with van der Waals surface area (Å²) in [5, 5.41) is 12.3. The van der Waals surface area contributed by atoms with Crippen molar-refractivity contribution in [2.75, 3.05) is 6.54 Å². The summed E-state index contributed by atoms with van der Waals surface area (Å²) in [7, 11) is 0. The van der Waals surface area contributed by atoms with Crippen molar-refractivity contribution in [3.05, 3.63) is 0 Å². The average molecular weight is 255 g/mol. The highest BCUT2D eigenvalue weighted by Crippen LogP contribution is 2.26. The van der Waals surface area contributed by atoms with Gasteiger partial charge in [-0.15, -0.1) is 0 Å². The first-order chi connectivity index (χ1) is 8.74. The molecule has 0 saturated heterocycles. The quantitative estimate of drug-likeness (QED) is 0.619. The van der Waals surface area contributed by atoms with Gasteiger partial charge in [-0.3, -0.25) is 4.79 Å². The predicted octanol–water partition coefficient (Wildman–Crippen LogP) is 3.58. The van der Waals surface area contributed by atoms with Crippen LogP contribution in [0.3, 0.4) is 0 Å². The fourth-order valence-electron chi connectivity index (χ4n) is 2.86. The largest absolute Gasteiger partial charge is 0.480 e. The highest BCUT2D eigenvalue weighted by Gasteiger charge is 2.16. The molecule has 1 aliphatic carbocycles. The molecular weight excluding hydrogens is 226 g/mol. The Balaban J connectivity index is 2.08. The van der Waals surface area contributed by atoms with Crippen LogP contribution in [0.2, 0.25) is 0 Å². The smallest absolute Gasteiger partial charge is 0.320 e. The van der Waals surface area contributed by atoms with Crippen molar-refractivity contribution >= 4 is 5.97 Å². The zero-order valence-electron chi connectivity index (χ0n) is 11.8. The van der Waals surface area contributed by atoms with Crippen molar-refractivity contribution in [2.45, 2.75) is 77.2 Å². The lowest BCUT2D eigenvalue weighted by atomic mass is 9.86. The molecule has 1 rings (SSSR count). The molecule has 18 heavy (non-hydrogen) atoms. The van der Waals surface area contributed by atoms with Crippen LogP contribution in [0.25, 0.3) is 0 Å². The van der Waals surface area contributed by atoms with E-state index in [-0.39, 0.29) is 6.04 Å². The van der Waals surface area contributed by atoms with Gasteiger partial charge in [-0.1, -0.05) is 51.9 Å². The maximum absolute atomic E-state index is 11.0. The summed E-state index contributed by atoms with van der Waals surface area (Å²) in [4.78, 5) is 11.0. The van der Waals surface area contributed by atoms with Crippen LogP contribution < -0.4 is 5.32 Å². The summed E-state index contributed by atoms with van der Waals surface area (Å²) < 4.78 is 0. The molecule has 106 valence electrons. The third-order valence-electron chi connectivity index (χ3n) is 4.05. The van der Waals surface area contributed by atoms with Gasteiger partial charge in [0.25, 0.3) is 0 Å². The Hall–Kier alpha value is -0.570. The summed E-state index contributed by atoms with van der Waals surface area (Å²) in [6, 6.07) is -0.337. The van der Waals surface area contributed by atoms with Crippen molar-refractivity contribution in [2.24, 2.45) is 5.92 Å². The molecular formula is C15H29NO2. The molecule has 3 heteroatoms. The highest BCUT2D eigenvalue weighted by molar-refractivity contribution is 5.73. The van der Waals surface area contributed by atoms with Crippen LogP contribution in [0.5, 0.6) is 0 Å². The molecule has 2 N–H and O–H groups in total. The molecule has 1 atom stereocenters. The van der Waals surface area contributed by atoms with Gasteiger partial charge < -0.3 is 10.4 Å². The number of hydrogen-bond donors (Lipinski definition) is 2. The molecule has 0 aromatic carbocycles. The second kappa shape index (κ2) is 9.37. The molecule has 0 bridgehead atoms. The molecule has 0 spiro atoms. The second-order valence-corrected chi connectivity index (χ2v) is 5.63. The van der Waals surface area contributed by atoms with Crippen LogP contribution in [0, 0.1) is 5.92 Å². The van der Waals surface area contributed by atoms with Crippen molar-refractivity contribution in [1.29, 1.82) is 0 Å².